The number of hydrogen-bond acceptors (Lipinski definition) is 4. The molecule has 5 heteroatoms. The third kappa shape index (κ3) is 2.79. The van der Waals surface area contributed by atoms with Gasteiger partial charge in [-0.25, -0.2) is 4.98 Å². The first-order valence-corrected chi connectivity index (χ1v) is 6.82. The number of hydrogen-bond donors (Lipinski definition) is 1. The molecule has 92 valence electrons. The van der Waals surface area contributed by atoms with Crippen molar-refractivity contribution in [3.8, 4) is 0 Å². The van der Waals surface area contributed by atoms with Gasteiger partial charge in [0.05, 0.1) is 5.03 Å². The quantitative estimate of drug-likeness (QED) is 0.806. The molecule has 1 aliphatic rings. The molecule has 2 N–H and O–H groups in total. The van der Waals surface area contributed by atoms with E-state index in [4.69, 9.17) is 5.73 Å². The number of rotatable bonds is 2. The standard InChI is InChI=1S/C12H17N3OS/c1-12(13)4-6-15(8-12)11(16)9-3-5-14-10(7-9)17-2/h3,5,7H,4,6,8,13H2,1-2H3. The van der Waals surface area contributed by atoms with E-state index in [9.17, 15) is 4.79 Å². The average molecular weight is 251 g/mol. The lowest BCUT2D eigenvalue weighted by Gasteiger charge is -2.19. The minimum absolute atomic E-state index is 0.0527. The van der Waals surface area contributed by atoms with E-state index in [1.807, 2.05) is 24.1 Å². The first-order chi connectivity index (χ1) is 8.02. The second-order valence-corrected chi connectivity index (χ2v) is 5.54. The molecule has 1 aliphatic heterocycles. The Bertz CT molecular complexity index is 434. The highest BCUT2D eigenvalue weighted by molar-refractivity contribution is 7.98. The maximum absolute atomic E-state index is 12.2. The zero-order chi connectivity index (χ0) is 12.5. The molecule has 1 aromatic rings. The van der Waals surface area contributed by atoms with Gasteiger partial charge in [-0.15, -0.1) is 11.8 Å². The molecule has 0 spiro atoms. The summed E-state index contributed by atoms with van der Waals surface area (Å²) in [5.41, 5.74) is 6.48. The summed E-state index contributed by atoms with van der Waals surface area (Å²) >= 11 is 1.54. The second kappa shape index (κ2) is 4.66. The molecule has 1 saturated heterocycles. The zero-order valence-electron chi connectivity index (χ0n) is 10.1. The molecule has 0 aliphatic carbocycles. The van der Waals surface area contributed by atoms with Crippen molar-refractivity contribution in [2.75, 3.05) is 19.3 Å². The number of carbonyl (C=O) groups excluding carboxylic acids is 1. The van der Waals surface area contributed by atoms with Crippen molar-refractivity contribution >= 4 is 17.7 Å². The van der Waals surface area contributed by atoms with Crippen molar-refractivity contribution < 1.29 is 4.79 Å². The van der Waals surface area contributed by atoms with Gasteiger partial charge in [-0.2, -0.15) is 0 Å². The maximum atomic E-state index is 12.2. The van der Waals surface area contributed by atoms with E-state index in [1.165, 1.54) is 11.8 Å². The fourth-order valence-electron chi connectivity index (χ4n) is 1.99. The Morgan fingerprint density at radius 3 is 3.00 bits per heavy atom. The summed E-state index contributed by atoms with van der Waals surface area (Å²) in [4.78, 5) is 18.2. The number of aromatic nitrogens is 1. The number of thioether (sulfide) groups is 1. The van der Waals surface area contributed by atoms with E-state index < -0.39 is 0 Å². The molecule has 0 radical (unpaired) electrons. The number of carbonyl (C=O) groups is 1. The summed E-state index contributed by atoms with van der Waals surface area (Å²) < 4.78 is 0. The number of amides is 1. The molecular weight excluding hydrogens is 234 g/mol. The van der Waals surface area contributed by atoms with Gasteiger partial charge in [0, 0.05) is 30.4 Å². The van der Waals surface area contributed by atoms with Crippen molar-refractivity contribution in [3.05, 3.63) is 23.9 Å². The van der Waals surface area contributed by atoms with Crippen LogP contribution in [0.5, 0.6) is 0 Å². The molecule has 1 amide bonds. The Balaban J connectivity index is 2.15. The van der Waals surface area contributed by atoms with E-state index >= 15 is 0 Å². The van der Waals surface area contributed by atoms with Crippen LogP contribution in [0, 0.1) is 0 Å². The Kier molecular flexibility index (Phi) is 3.40. The lowest BCUT2D eigenvalue weighted by molar-refractivity contribution is 0.0784. The third-order valence-electron chi connectivity index (χ3n) is 2.98. The largest absolute Gasteiger partial charge is 0.337 e. The van der Waals surface area contributed by atoms with Crippen LogP contribution in [0.15, 0.2) is 23.4 Å². The predicted molar refractivity (Wildman–Crippen MR) is 69.1 cm³/mol. The molecule has 1 fully saturated rings. The predicted octanol–water partition coefficient (Wildman–Crippen LogP) is 1.37. The number of nitrogens with two attached hydrogens (primary N) is 1. The van der Waals surface area contributed by atoms with Crippen LogP contribution in [0.25, 0.3) is 0 Å². The molecule has 1 unspecified atom stereocenters. The molecule has 0 saturated carbocycles. The van der Waals surface area contributed by atoms with Crippen molar-refractivity contribution in [3.63, 3.8) is 0 Å². The van der Waals surface area contributed by atoms with Crippen molar-refractivity contribution in [1.29, 1.82) is 0 Å². The zero-order valence-corrected chi connectivity index (χ0v) is 11.0. The van der Waals surface area contributed by atoms with Crippen LogP contribution >= 0.6 is 11.8 Å². The Morgan fingerprint density at radius 2 is 2.41 bits per heavy atom. The molecule has 2 heterocycles. The Hall–Kier alpha value is -1.07. The molecule has 2 rings (SSSR count). The monoisotopic (exact) mass is 251 g/mol. The topological polar surface area (TPSA) is 59.2 Å². The summed E-state index contributed by atoms with van der Waals surface area (Å²) in [5, 5.41) is 0.866. The van der Waals surface area contributed by atoms with Gasteiger partial charge in [-0.3, -0.25) is 4.79 Å². The van der Waals surface area contributed by atoms with Crippen LogP contribution in [-0.2, 0) is 0 Å². The minimum Gasteiger partial charge on any atom is -0.337 e. The highest BCUT2D eigenvalue weighted by Crippen LogP contribution is 2.21. The summed E-state index contributed by atoms with van der Waals surface area (Å²) in [6.45, 7) is 3.35. The SMILES string of the molecule is CSc1cc(C(=O)N2CCC(C)(N)C2)ccn1. The summed E-state index contributed by atoms with van der Waals surface area (Å²) in [7, 11) is 0. The third-order valence-corrected chi connectivity index (χ3v) is 3.62. The highest BCUT2D eigenvalue weighted by Gasteiger charge is 2.32. The second-order valence-electron chi connectivity index (χ2n) is 4.72. The fraction of sp³-hybridized carbons (Fsp3) is 0.500. The van der Waals surface area contributed by atoms with E-state index in [1.54, 1.807) is 12.3 Å². The Labute approximate surface area is 106 Å². The first-order valence-electron chi connectivity index (χ1n) is 5.60. The highest BCUT2D eigenvalue weighted by atomic mass is 32.2. The van der Waals surface area contributed by atoms with Crippen molar-refractivity contribution in [2.24, 2.45) is 5.73 Å². The number of pyridine rings is 1. The van der Waals surface area contributed by atoms with E-state index in [0.717, 1.165) is 18.0 Å². The lowest BCUT2D eigenvalue weighted by Crippen LogP contribution is -2.40. The minimum atomic E-state index is -0.245. The molecule has 0 aromatic carbocycles. The number of likely N-dealkylation sites (tertiary alicyclic amines) is 1. The van der Waals surface area contributed by atoms with Crippen molar-refractivity contribution in [1.82, 2.24) is 9.88 Å². The summed E-state index contributed by atoms with van der Waals surface area (Å²) in [5.74, 6) is 0.0527. The molecule has 4 nitrogen and oxygen atoms in total. The van der Waals surface area contributed by atoms with Gasteiger partial charge in [0.2, 0.25) is 0 Å². The van der Waals surface area contributed by atoms with Gasteiger partial charge >= 0.3 is 0 Å². The molecular formula is C12H17N3OS. The van der Waals surface area contributed by atoms with Gasteiger partial charge in [0.1, 0.15) is 0 Å². The number of nitrogens with zero attached hydrogens (tertiary/aromatic N) is 2. The van der Waals surface area contributed by atoms with E-state index in [0.29, 0.717) is 12.1 Å². The van der Waals surface area contributed by atoms with Gasteiger partial charge in [-0.1, -0.05) is 0 Å². The average Bonchev–Trinajstić information content (AvgIpc) is 2.69. The maximum Gasteiger partial charge on any atom is 0.254 e. The van der Waals surface area contributed by atoms with Gasteiger partial charge < -0.3 is 10.6 Å². The van der Waals surface area contributed by atoms with E-state index in [-0.39, 0.29) is 11.4 Å². The van der Waals surface area contributed by atoms with Crippen LogP contribution in [0.3, 0.4) is 0 Å². The van der Waals surface area contributed by atoms with Crippen molar-refractivity contribution in [2.45, 2.75) is 23.9 Å². The normalized spacial score (nSPS) is 24.1. The van der Waals surface area contributed by atoms with Crippen LogP contribution < -0.4 is 5.73 Å². The summed E-state index contributed by atoms with van der Waals surface area (Å²) in [6.07, 6.45) is 4.49. The smallest absolute Gasteiger partial charge is 0.254 e. The summed E-state index contributed by atoms with van der Waals surface area (Å²) in [6, 6.07) is 3.59. The fourth-order valence-corrected chi connectivity index (χ4v) is 2.41. The molecule has 0 bridgehead atoms. The Morgan fingerprint density at radius 1 is 1.65 bits per heavy atom. The van der Waals surface area contributed by atoms with Crippen LogP contribution in [0.1, 0.15) is 23.7 Å². The van der Waals surface area contributed by atoms with Crippen LogP contribution in [0.2, 0.25) is 0 Å². The molecule has 17 heavy (non-hydrogen) atoms. The molecule has 1 atom stereocenters. The first kappa shape index (κ1) is 12.4. The molecule has 1 aromatic heterocycles. The van der Waals surface area contributed by atoms with E-state index in [2.05, 4.69) is 4.98 Å². The lowest BCUT2D eigenvalue weighted by atomic mass is 10.0. The van der Waals surface area contributed by atoms with Gasteiger partial charge in [0.25, 0.3) is 5.91 Å². The van der Waals surface area contributed by atoms with Crippen LogP contribution in [0.4, 0.5) is 0 Å². The van der Waals surface area contributed by atoms with Crippen LogP contribution in [-0.4, -0.2) is 40.7 Å². The van der Waals surface area contributed by atoms with Gasteiger partial charge in [-0.05, 0) is 31.7 Å². The van der Waals surface area contributed by atoms with Gasteiger partial charge in [0.15, 0.2) is 0 Å².